The van der Waals surface area contributed by atoms with Crippen molar-refractivity contribution < 1.29 is 8.83 Å². The summed E-state index contributed by atoms with van der Waals surface area (Å²) in [6.07, 6.45) is 0. The largest absolute Gasteiger partial charge is 0.456 e. The average Bonchev–Trinajstić information content (AvgIpc) is 1.48. The standard InChI is InChI=1S/C86H64O2/c1-45(2)49-21-13-22-50(46(3)4)81(49)59-35-37-61-69-43-71-67(57-29-17-33-79-85(57)63-19-9-11-31-77(63)87-79)41-76-74-40-66-56-28-16-26-54-60(82-51(47(5)6)23-14-24-52(82)48(7)8)36-38-62(84(54)56)70(66)44-72(74)68(58-30-18-34-80-86(58)64-20-10-12-32-78(64)88-80)42-75(76)73(71)39-65(69)55-27-15-25-53(59)83(55)61/h9-48H,1-8H3. The molecular weight excluding hydrogens is 1060 g/mol. The Balaban J connectivity index is 0.980. The van der Waals surface area contributed by atoms with Gasteiger partial charge in [-0.15, -0.1) is 0 Å². The van der Waals surface area contributed by atoms with E-state index < -0.39 is 0 Å². The minimum Gasteiger partial charge on any atom is -0.456 e. The molecule has 0 unspecified atom stereocenters. The van der Waals surface area contributed by atoms with Crippen LogP contribution in [0.5, 0.6) is 0 Å². The van der Waals surface area contributed by atoms with Crippen LogP contribution in [0.25, 0.3) is 187 Å². The lowest BCUT2D eigenvalue weighted by atomic mass is 9.82. The Kier molecular flexibility index (Phi) is 10.9. The quantitative estimate of drug-likeness (QED) is 0.142. The van der Waals surface area contributed by atoms with Gasteiger partial charge in [-0.2, -0.15) is 0 Å². The number of hydrogen-bond donors (Lipinski definition) is 0. The zero-order valence-electron chi connectivity index (χ0n) is 50.9. The summed E-state index contributed by atoms with van der Waals surface area (Å²) < 4.78 is 13.5. The highest BCUT2D eigenvalue weighted by atomic mass is 16.3. The first kappa shape index (κ1) is 51.2. The molecule has 0 N–H and O–H groups in total. The second kappa shape index (κ2) is 18.7. The zero-order chi connectivity index (χ0) is 59.1. The van der Waals surface area contributed by atoms with Crippen LogP contribution in [-0.4, -0.2) is 0 Å². The van der Waals surface area contributed by atoms with E-state index >= 15 is 0 Å². The molecule has 0 bridgehead atoms. The van der Waals surface area contributed by atoms with Crippen molar-refractivity contribution in [3.8, 4) is 89.0 Å². The summed E-state index contributed by atoms with van der Waals surface area (Å²) in [5, 5.41) is 17.1. The maximum absolute atomic E-state index is 6.73. The lowest BCUT2D eigenvalue weighted by molar-refractivity contribution is 0.668. The molecule has 0 saturated heterocycles. The van der Waals surface area contributed by atoms with Crippen molar-refractivity contribution >= 4 is 97.7 Å². The van der Waals surface area contributed by atoms with Gasteiger partial charge >= 0.3 is 0 Å². The normalized spacial score (nSPS) is 12.7. The molecule has 2 aliphatic carbocycles. The molecule has 0 saturated carbocycles. The van der Waals surface area contributed by atoms with Gasteiger partial charge in [-0.1, -0.05) is 213 Å². The van der Waals surface area contributed by atoms with Crippen LogP contribution < -0.4 is 0 Å². The lowest BCUT2D eigenvalue weighted by Gasteiger charge is -2.21. The zero-order valence-corrected chi connectivity index (χ0v) is 50.9. The molecule has 88 heavy (non-hydrogen) atoms. The summed E-state index contributed by atoms with van der Waals surface area (Å²) >= 11 is 0. The maximum atomic E-state index is 6.73. The van der Waals surface area contributed by atoms with Gasteiger partial charge in [0.05, 0.1) is 0 Å². The number of para-hydroxylation sites is 2. The van der Waals surface area contributed by atoms with Gasteiger partial charge in [0.15, 0.2) is 0 Å². The molecule has 420 valence electrons. The minimum atomic E-state index is 0.372. The highest BCUT2D eigenvalue weighted by molar-refractivity contribution is 6.32. The molecule has 0 fully saturated rings. The monoisotopic (exact) mass is 1130 g/mol. The van der Waals surface area contributed by atoms with Gasteiger partial charge in [0.2, 0.25) is 0 Å². The van der Waals surface area contributed by atoms with E-state index in [9.17, 15) is 0 Å². The van der Waals surface area contributed by atoms with Crippen LogP contribution in [0.15, 0.2) is 227 Å². The third-order valence-corrected chi connectivity index (χ3v) is 20.3. The maximum Gasteiger partial charge on any atom is 0.136 e. The van der Waals surface area contributed by atoms with Crippen LogP contribution >= 0.6 is 0 Å². The van der Waals surface area contributed by atoms with Gasteiger partial charge in [0.25, 0.3) is 0 Å². The minimum absolute atomic E-state index is 0.372. The summed E-state index contributed by atoms with van der Waals surface area (Å²) in [6.45, 7) is 18.7. The van der Waals surface area contributed by atoms with Crippen molar-refractivity contribution in [2.24, 2.45) is 0 Å². The van der Waals surface area contributed by atoms with Crippen LogP contribution in [0, 0.1) is 0 Å². The van der Waals surface area contributed by atoms with Crippen molar-refractivity contribution in [3.63, 3.8) is 0 Å². The molecule has 0 atom stereocenters. The molecule has 2 heterocycles. The van der Waals surface area contributed by atoms with Crippen LogP contribution in [0.1, 0.15) is 101 Å². The average molecular weight is 1130 g/mol. The molecule has 2 nitrogen and oxygen atoms in total. The van der Waals surface area contributed by atoms with E-state index in [2.05, 4.69) is 274 Å². The molecule has 18 rings (SSSR count). The van der Waals surface area contributed by atoms with Crippen LogP contribution in [-0.2, 0) is 0 Å². The van der Waals surface area contributed by atoms with E-state index in [-0.39, 0.29) is 0 Å². The third kappa shape index (κ3) is 7.06. The highest BCUT2D eigenvalue weighted by Gasteiger charge is 2.31. The molecule has 2 aliphatic rings. The molecule has 2 aromatic heterocycles. The molecule has 0 aliphatic heterocycles. The van der Waals surface area contributed by atoms with Crippen molar-refractivity contribution in [2.75, 3.05) is 0 Å². The molecule has 0 amide bonds. The Morgan fingerprint density at radius 3 is 0.852 bits per heavy atom. The Morgan fingerprint density at radius 2 is 0.466 bits per heavy atom. The fourth-order valence-electron chi connectivity index (χ4n) is 16.3. The summed E-state index contributed by atoms with van der Waals surface area (Å²) in [5.41, 5.74) is 29.5. The van der Waals surface area contributed by atoms with Gasteiger partial charge in [-0.05, 0) is 249 Å². The second-order valence-electron chi connectivity index (χ2n) is 26.4. The first-order chi connectivity index (χ1) is 43.0. The summed E-state index contributed by atoms with van der Waals surface area (Å²) in [4.78, 5) is 0. The number of hydrogen-bond acceptors (Lipinski definition) is 2. The fraction of sp³-hybridized carbons (Fsp3) is 0.140. The molecule has 2 heteroatoms. The lowest BCUT2D eigenvalue weighted by Crippen LogP contribution is -2.00. The Hall–Kier alpha value is -10.0. The van der Waals surface area contributed by atoms with Crippen LogP contribution in [0.4, 0.5) is 0 Å². The van der Waals surface area contributed by atoms with Gasteiger partial charge in [-0.3, -0.25) is 0 Å². The van der Waals surface area contributed by atoms with Crippen molar-refractivity contribution in [1.29, 1.82) is 0 Å². The van der Waals surface area contributed by atoms with Crippen molar-refractivity contribution in [3.05, 3.63) is 241 Å². The molecule has 0 radical (unpaired) electrons. The van der Waals surface area contributed by atoms with Crippen molar-refractivity contribution in [2.45, 2.75) is 79.1 Å². The summed E-state index contributed by atoms with van der Waals surface area (Å²) in [7, 11) is 0. The Morgan fingerprint density at radius 1 is 0.193 bits per heavy atom. The van der Waals surface area contributed by atoms with Gasteiger partial charge in [0.1, 0.15) is 22.3 Å². The van der Waals surface area contributed by atoms with E-state index in [0.29, 0.717) is 23.7 Å². The summed E-state index contributed by atoms with van der Waals surface area (Å²) in [6, 6.07) is 83.4. The fourth-order valence-corrected chi connectivity index (χ4v) is 16.3. The molecule has 16 aromatic rings. The number of furan rings is 2. The molecular formula is C86H64O2. The van der Waals surface area contributed by atoms with Crippen LogP contribution in [0.3, 0.4) is 0 Å². The first-order valence-corrected chi connectivity index (χ1v) is 31.7. The third-order valence-electron chi connectivity index (χ3n) is 20.3. The van der Waals surface area contributed by atoms with E-state index in [1.54, 1.807) is 0 Å². The first-order valence-electron chi connectivity index (χ1n) is 31.7. The SMILES string of the molecule is CC(C)c1cccc(C(C)C)c1-c1ccc2c3c(cccc13)-c1cc3c(cc1-2)c(-c1cccc2oc4ccccc4c12)cc1c2cc4c(cc2c(-c2cccc5oc6ccccc6c25)cc31)-c1ccc(-c2c(C(C)C)cccc2C(C)C)c2cccc-4c12. The van der Waals surface area contributed by atoms with Gasteiger partial charge in [-0.25, -0.2) is 0 Å². The topological polar surface area (TPSA) is 26.3 Å². The molecule has 14 aromatic carbocycles. The number of benzene rings is 14. The van der Waals surface area contributed by atoms with Crippen molar-refractivity contribution in [1.82, 2.24) is 0 Å². The Labute approximate surface area is 512 Å². The second-order valence-corrected chi connectivity index (χ2v) is 26.4. The summed E-state index contributed by atoms with van der Waals surface area (Å²) in [5.74, 6) is 1.49. The highest BCUT2D eigenvalue weighted by Crippen LogP contribution is 2.58. The Bertz CT molecular complexity index is 5350. The van der Waals surface area contributed by atoms with E-state index in [0.717, 1.165) is 55.0 Å². The molecule has 0 spiro atoms. The van der Waals surface area contributed by atoms with Crippen LogP contribution in [0.2, 0.25) is 0 Å². The number of rotatable bonds is 8. The predicted octanol–water partition coefficient (Wildman–Crippen LogP) is 25.7. The predicted molar refractivity (Wildman–Crippen MR) is 375 cm³/mol. The van der Waals surface area contributed by atoms with Gasteiger partial charge < -0.3 is 8.83 Å². The van der Waals surface area contributed by atoms with E-state index in [1.165, 1.54) is 154 Å². The van der Waals surface area contributed by atoms with Gasteiger partial charge in [0, 0.05) is 21.5 Å². The smallest absolute Gasteiger partial charge is 0.136 e. The van der Waals surface area contributed by atoms with E-state index in [4.69, 9.17) is 8.83 Å². The van der Waals surface area contributed by atoms with E-state index in [1.807, 2.05) is 0 Å². The number of fused-ring (bicyclic) bond motifs is 17.